The summed E-state index contributed by atoms with van der Waals surface area (Å²) in [5, 5.41) is 6.97. The molecule has 0 aliphatic carbocycles. The molecule has 32 heavy (non-hydrogen) atoms. The third-order valence-electron chi connectivity index (χ3n) is 5.35. The van der Waals surface area contributed by atoms with Gasteiger partial charge >= 0.3 is 11.7 Å². The Balaban J connectivity index is 1.71. The summed E-state index contributed by atoms with van der Waals surface area (Å²) < 4.78 is 32.3. The molecule has 0 saturated carbocycles. The van der Waals surface area contributed by atoms with Gasteiger partial charge in [0, 0.05) is 26.1 Å². The second kappa shape index (κ2) is 9.65. The van der Waals surface area contributed by atoms with Crippen LogP contribution in [0.1, 0.15) is 41.9 Å². The molecule has 1 aliphatic heterocycles. The van der Waals surface area contributed by atoms with Gasteiger partial charge in [-0.15, -0.1) is 0 Å². The number of sulfonamides is 1. The van der Waals surface area contributed by atoms with Crippen molar-refractivity contribution in [2.75, 3.05) is 31.3 Å². The van der Waals surface area contributed by atoms with E-state index in [0.717, 1.165) is 4.68 Å². The molecule has 1 saturated heterocycles. The van der Waals surface area contributed by atoms with Gasteiger partial charge < -0.3 is 10.1 Å². The first kappa shape index (κ1) is 23.7. The zero-order chi connectivity index (χ0) is 23.5. The molecule has 11 nitrogen and oxygen atoms in total. The van der Waals surface area contributed by atoms with Gasteiger partial charge in [0.1, 0.15) is 12.4 Å². The van der Waals surface area contributed by atoms with E-state index in [0.29, 0.717) is 31.8 Å². The van der Waals surface area contributed by atoms with E-state index in [2.05, 4.69) is 10.4 Å². The molecule has 1 fully saturated rings. The number of carbonyl (C=O) groups is 2. The average molecular weight is 466 g/mol. The van der Waals surface area contributed by atoms with E-state index in [1.54, 1.807) is 38.2 Å². The molecule has 1 aromatic carbocycles. The van der Waals surface area contributed by atoms with E-state index in [9.17, 15) is 22.8 Å². The maximum absolute atomic E-state index is 12.6. The summed E-state index contributed by atoms with van der Waals surface area (Å²) in [5.41, 5.74) is 0.0575. The first-order valence-electron chi connectivity index (χ1n) is 10.3. The summed E-state index contributed by atoms with van der Waals surface area (Å²) in [6.45, 7) is 2.28. The number of benzene rings is 1. The standard InChI is InChI=1S/C20H27N5O6S/c1-4-31-19(27)15-7-5-6-8-16(15)21-17(26)13-25-20(28)23(2)18(22-25)14-9-11-24(12-10-14)32(3,29)30/h5-8,14H,4,9-13H2,1-3H3,(H,21,26). The van der Waals surface area contributed by atoms with Crippen LogP contribution in [-0.4, -0.2) is 64.9 Å². The van der Waals surface area contributed by atoms with Crippen LogP contribution in [0, 0.1) is 0 Å². The number of nitrogens with one attached hydrogen (secondary N) is 1. The number of esters is 1. The third kappa shape index (κ3) is 5.25. The topological polar surface area (TPSA) is 133 Å². The van der Waals surface area contributed by atoms with Crippen molar-refractivity contribution in [3.8, 4) is 0 Å². The first-order chi connectivity index (χ1) is 15.1. The zero-order valence-corrected chi connectivity index (χ0v) is 19.1. The van der Waals surface area contributed by atoms with Gasteiger partial charge in [-0.3, -0.25) is 9.36 Å². The monoisotopic (exact) mass is 465 g/mol. The molecule has 2 heterocycles. The molecule has 3 rings (SSSR count). The largest absolute Gasteiger partial charge is 0.462 e. The lowest BCUT2D eigenvalue weighted by molar-refractivity contribution is -0.117. The van der Waals surface area contributed by atoms with Crippen LogP contribution in [0.25, 0.3) is 0 Å². The van der Waals surface area contributed by atoms with Crippen LogP contribution in [-0.2, 0) is 33.1 Å². The number of amides is 1. The average Bonchev–Trinajstić information content (AvgIpc) is 3.02. The lowest BCUT2D eigenvalue weighted by atomic mass is 9.97. The summed E-state index contributed by atoms with van der Waals surface area (Å²) in [4.78, 5) is 37.3. The Morgan fingerprint density at radius 2 is 1.88 bits per heavy atom. The van der Waals surface area contributed by atoms with Gasteiger partial charge in [-0.05, 0) is 31.9 Å². The second-order valence-corrected chi connectivity index (χ2v) is 9.59. The van der Waals surface area contributed by atoms with E-state index in [1.807, 2.05) is 0 Å². The number of aromatic nitrogens is 3. The van der Waals surface area contributed by atoms with Gasteiger partial charge in [0.05, 0.1) is 24.1 Å². The fourth-order valence-electron chi connectivity index (χ4n) is 3.71. The van der Waals surface area contributed by atoms with Crippen molar-refractivity contribution < 1.29 is 22.7 Å². The SMILES string of the molecule is CCOC(=O)c1ccccc1NC(=O)Cn1nc(C2CCN(S(C)(=O)=O)CC2)n(C)c1=O. The quantitative estimate of drug-likeness (QED) is 0.590. The second-order valence-electron chi connectivity index (χ2n) is 7.61. The van der Waals surface area contributed by atoms with Gasteiger partial charge in [0.15, 0.2) is 0 Å². The molecular formula is C20H27N5O6S. The predicted octanol–water partition coefficient (Wildman–Crippen LogP) is 0.536. The number of nitrogens with zero attached hydrogens (tertiary/aromatic N) is 4. The number of piperidine rings is 1. The summed E-state index contributed by atoms with van der Waals surface area (Å²) in [7, 11) is -1.67. The lowest BCUT2D eigenvalue weighted by Gasteiger charge is -2.29. The molecule has 0 bridgehead atoms. The van der Waals surface area contributed by atoms with Gasteiger partial charge in [-0.25, -0.2) is 27.0 Å². The molecule has 2 aromatic rings. The summed E-state index contributed by atoms with van der Waals surface area (Å²) in [6.07, 6.45) is 2.25. The van der Waals surface area contributed by atoms with Gasteiger partial charge in [-0.1, -0.05) is 12.1 Å². The molecular weight excluding hydrogens is 438 g/mol. The summed E-state index contributed by atoms with van der Waals surface area (Å²) >= 11 is 0. The van der Waals surface area contributed by atoms with Gasteiger partial charge in [0.25, 0.3) is 0 Å². The minimum atomic E-state index is -3.25. The minimum absolute atomic E-state index is 0.0837. The van der Waals surface area contributed by atoms with Crippen molar-refractivity contribution in [3.63, 3.8) is 0 Å². The van der Waals surface area contributed by atoms with Crippen LogP contribution in [0.5, 0.6) is 0 Å². The maximum atomic E-state index is 12.6. The Morgan fingerprint density at radius 1 is 1.22 bits per heavy atom. The normalized spacial score (nSPS) is 15.5. The Kier molecular flexibility index (Phi) is 7.14. The highest BCUT2D eigenvalue weighted by molar-refractivity contribution is 7.88. The highest BCUT2D eigenvalue weighted by Gasteiger charge is 2.29. The highest BCUT2D eigenvalue weighted by atomic mass is 32.2. The molecule has 0 radical (unpaired) electrons. The number of para-hydroxylation sites is 1. The number of ether oxygens (including phenoxy) is 1. The van der Waals surface area contributed by atoms with Gasteiger partial charge in [0.2, 0.25) is 15.9 Å². The smallest absolute Gasteiger partial charge is 0.346 e. The fraction of sp³-hybridized carbons (Fsp3) is 0.500. The number of anilines is 1. The van der Waals surface area contributed by atoms with E-state index < -0.39 is 27.6 Å². The fourth-order valence-corrected chi connectivity index (χ4v) is 4.59. The van der Waals surface area contributed by atoms with Crippen molar-refractivity contribution in [3.05, 3.63) is 46.1 Å². The first-order valence-corrected chi connectivity index (χ1v) is 12.1. The molecule has 12 heteroatoms. The van der Waals surface area contributed by atoms with Gasteiger partial charge in [-0.2, -0.15) is 5.10 Å². The van der Waals surface area contributed by atoms with Crippen molar-refractivity contribution in [2.45, 2.75) is 32.2 Å². The number of hydrogen-bond acceptors (Lipinski definition) is 7. The van der Waals surface area contributed by atoms with E-state index in [1.165, 1.54) is 15.1 Å². The molecule has 1 aromatic heterocycles. The van der Waals surface area contributed by atoms with Crippen molar-refractivity contribution in [1.29, 1.82) is 0 Å². The Labute approximate surface area is 186 Å². The molecule has 174 valence electrons. The zero-order valence-electron chi connectivity index (χ0n) is 18.3. The molecule has 1 amide bonds. The van der Waals surface area contributed by atoms with E-state index >= 15 is 0 Å². The van der Waals surface area contributed by atoms with Crippen LogP contribution < -0.4 is 11.0 Å². The number of hydrogen-bond donors (Lipinski definition) is 1. The van der Waals surface area contributed by atoms with Crippen LogP contribution in [0.2, 0.25) is 0 Å². The van der Waals surface area contributed by atoms with Crippen LogP contribution >= 0.6 is 0 Å². The van der Waals surface area contributed by atoms with Crippen molar-refractivity contribution in [2.24, 2.45) is 7.05 Å². The van der Waals surface area contributed by atoms with E-state index in [4.69, 9.17) is 4.74 Å². The molecule has 0 unspecified atom stereocenters. The third-order valence-corrected chi connectivity index (χ3v) is 6.66. The summed E-state index contributed by atoms with van der Waals surface area (Å²) in [5.74, 6) is -0.635. The highest BCUT2D eigenvalue weighted by Crippen LogP contribution is 2.26. The number of rotatable bonds is 7. The maximum Gasteiger partial charge on any atom is 0.346 e. The molecule has 1 N–H and O–H groups in total. The van der Waals surface area contributed by atoms with E-state index in [-0.39, 0.29) is 30.3 Å². The number of carbonyl (C=O) groups excluding carboxylic acids is 2. The summed E-state index contributed by atoms with van der Waals surface area (Å²) in [6, 6.07) is 6.45. The van der Waals surface area contributed by atoms with Crippen LogP contribution in [0.3, 0.4) is 0 Å². The van der Waals surface area contributed by atoms with Crippen LogP contribution in [0.4, 0.5) is 5.69 Å². The lowest BCUT2D eigenvalue weighted by Crippen LogP contribution is -2.37. The van der Waals surface area contributed by atoms with Crippen molar-refractivity contribution in [1.82, 2.24) is 18.7 Å². The minimum Gasteiger partial charge on any atom is -0.462 e. The molecule has 0 atom stereocenters. The predicted molar refractivity (Wildman–Crippen MR) is 117 cm³/mol. The Morgan fingerprint density at radius 3 is 2.50 bits per heavy atom. The Hall–Kier alpha value is -2.99. The van der Waals surface area contributed by atoms with Crippen LogP contribution in [0.15, 0.2) is 29.1 Å². The Bertz CT molecular complexity index is 1160. The van der Waals surface area contributed by atoms with Crippen molar-refractivity contribution >= 4 is 27.6 Å². The molecule has 0 spiro atoms. The molecule has 1 aliphatic rings.